The first-order valence-corrected chi connectivity index (χ1v) is 2.52. The van der Waals surface area contributed by atoms with Gasteiger partial charge in [-0.25, -0.2) is 0 Å². The molecule has 1 heterocycles. The second kappa shape index (κ2) is 1.58. The highest BCUT2D eigenvalue weighted by molar-refractivity contribution is 7.03. The molecular formula is C3HClNS. The van der Waals surface area contributed by atoms with Crippen LogP contribution < -0.4 is 0 Å². The Kier molecular flexibility index (Phi) is 1.08. The van der Waals surface area contributed by atoms with Gasteiger partial charge >= 0.3 is 0 Å². The smallest absolute Gasteiger partial charge is 0.0867 e. The summed E-state index contributed by atoms with van der Waals surface area (Å²) in [5.74, 6) is 0. The molecule has 0 N–H and O–H groups in total. The van der Waals surface area contributed by atoms with Crippen LogP contribution in [0.4, 0.5) is 0 Å². The lowest BCUT2D eigenvalue weighted by molar-refractivity contribution is 1.58. The van der Waals surface area contributed by atoms with Gasteiger partial charge in [-0.15, -0.1) is 0 Å². The predicted molar refractivity (Wildman–Crippen MR) is 26.0 cm³/mol. The van der Waals surface area contributed by atoms with Gasteiger partial charge in [-0.05, 0) is 11.5 Å². The summed E-state index contributed by atoms with van der Waals surface area (Å²) in [6.07, 6.45) is 1.56. The van der Waals surface area contributed by atoms with Crippen molar-refractivity contribution in [3.05, 3.63) is 16.6 Å². The zero-order valence-corrected chi connectivity index (χ0v) is 4.38. The van der Waals surface area contributed by atoms with Crippen molar-refractivity contribution in [1.29, 1.82) is 0 Å². The second-order valence-electron chi connectivity index (χ2n) is 0.776. The summed E-state index contributed by atoms with van der Waals surface area (Å²) >= 11 is 6.58. The Balaban J connectivity index is 3.05. The van der Waals surface area contributed by atoms with Gasteiger partial charge in [-0.2, -0.15) is 4.37 Å². The highest BCUT2D eigenvalue weighted by Gasteiger charge is 1.80. The summed E-state index contributed by atoms with van der Waals surface area (Å²) < 4.78 is 3.68. The van der Waals surface area contributed by atoms with Crippen LogP contribution >= 0.6 is 23.1 Å². The van der Waals surface area contributed by atoms with Crippen molar-refractivity contribution in [3.63, 3.8) is 0 Å². The molecule has 31 valence electrons. The molecule has 0 aliphatic rings. The van der Waals surface area contributed by atoms with E-state index in [1.165, 1.54) is 11.5 Å². The van der Waals surface area contributed by atoms with Gasteiger partial charge in [-0.3, -0.25) is 0 Å². The van der Waals surface area contributed by atoms with Gasteiger partial charge in [0.05, 0.1) is 16.6 Å². The molecule has 0 atom stereocenters. The van der Waals surface area contributed by atoms with Crippen molar-refractivity contribution in [2.24, 2.45) is 0 Å². The monoisotopic (exact) mass is 118 g/mol. The molecule has 6 heavy (non-hydrogen) atoms. The third-order valence-electron chi connectivity index (χ3n) is 0.362. The first kappa shape index (κ1) is 4.09. The zero-order valence-electron chi connectivity index (χ0n) is 2.81. The third kappa shape index (κ3) is 0.698. The van der Waals surface area contributed by atoms with E-state index in [1.807, 2.05) is 0 Å². The lowest BCUT2D eigenvalue weighted by Gasteiger charge is -1.57. The fourth-order valence-electron chi connectivity index (χ4n) is 0.169. The summed E-state index contributed by atoms with van der Waals surface area (Å²) in [6.45, 7) is 0. The van der Waals surface area contributed by atoms with Crippen LogP contribution in [0.1, 0.15) is 0 Å². The number of halogens is 1. The van der Waals surface area contributed by atoms with E-state index in [-0.39, 0.29) is 0 Å². The quantitative estimate of drug-likeness (QED) is 0.504. The Bertz CT molecular complexity index is 114. The highest BCUT2D eigenvalue weighted by Crippen LogP contribution is 2.05. The van der Waals surface area contributed by atoms with Crippen LogP contribution in [-0.2, 0) is 0 Å². The van der Waals surface area contributed by atoms with Crippen molar-refractivity contribution in [3.8, 4) is 0 Å². The van der Waals surface area contributed by atoms with E-state index in [0.717, 1.165) is 0 Å². The number of rotatable bonds is 0. The molecule has 0 fully saturated rings. The van der Waals surface area contributed by atoms with Gasteiger partial charge in [0.15, 0.2) is 0 Å². The molecule has 0 bridgehead atoms. The van der Waals surface area contributed by atoms with Crippen LogP contribution in [0.25, 0.3) is 0 Å². The third-order valence-corrected chi connectivity index (χ3v) is 1.19. The summed E-state index contributed by atoms with van der Waals surface area (Å²) in [7, 11) is 0. The van der Waals surface area contributed by atoms with E-state index >= 15 is 0 Å². The van der Waals surface area contributed by atoms with Gasteiger partial charge in [0.1, 0.15) is 0 Å². The first-order chi connectivity index (χ1) is 2.89. The Morgan fingerprint density at radius 1 is 2.00 bits per heavy atom. The van der Waals surface area contributed by atoms with Gasteiger partial charge in [0, 0.05) is 0 Å². The molecule has 0 aliphatic heterocycles. The molecule has 0 aromatic carbocycles. The largest absolute Gasteiger partial charge is 0.199 e. The number of aromatic nitrogens is 1. The first-order valence-electron chi connectivity index (χ1n) is 1.37. The summed E-state index contributed by atoms with van der Waals surface area (Å²) in [5, 5.41) is 3.29. The predicted octanol–water partition coefficient (Wildman–Crippen LogP) is 1.60. The van der Waals surface area contributed by atoms with Crippen LogP contribution in [-0.4, -0.2) is 4.37 Å². The molecule has 0 saturated heterocycles. The molecular weight excluding hydrogens is 118 g/mol. The average Bonchev–Trinajstić information content (AvgIpc) is 1.86. The van der Waals surface area contributed by atoms with E-state index in [0.29, 0.717) is 5.02 Å². The minimum Gasteiger partial charge on any atom is -0.199 e. The molecule has 1 nitrogen and oxygen atoms in total. The minimum absolute atomic E-state index is 0.597. The van der Waals surface area contributed by atoms with Gasteiger partial charge in [-0.1, -0.05) is 11.6 Å². The standard InChI is InChI=1S/C3HClNS/c4-3-1-5-6-2-3/h1H. The number of nitrogens with zero attached hydrogens (tertiary/aromatic N) is 1. The van der Waals surface area contributed by atoms with E-state index < -0.39 is 0 Å². The molecule has 0 amide bonds. The molecule has 1 rings (SSSR count). The lowest BCUT2D eigenvalue weighted by atomic mass is 10.8. The minimum atomic E-state index is 0.597. The topological polar surface area (TPSA) is 12.9 Å². The molecule has 1 aromatic heterocycles. The highest BCUT2D eigenvalue weighted by atomic mass is 35.5. The summed E-state index contributed by atoms with van der Waals surface area (Å²) in [6, 6.07) is 0. The average molecular weight is 119 g/mol. The van der Waals surface area contributed by atoms with Crippen molar-refractivity contribution in [1.82, 2.24) is 4.37 Å². The SMILES string of the molecule is Clc1[c]snc1. The normalized spacial score (nSPS) is 8.83. The summed E-state index contributed by atoms with van der Waals surface area (Å²) in [5.41, 5.74) is 0. The van der Waals surface area contributed by atoms with Crippen molar-refractivity contribution < 1.29 is 0 Å². The van der Waals surface area contributed by atoms with Crippen molar-refractivity contribution in [2.75, 3.05) is 0 Å². The molecule has 1 radical (unpaired) electrons. The Labute approximate surface area is 44.7 Å². The molecule has 0 unspecified atom stereocenters. The fraction of sp³-hybridized carbons (Fsp3) is 0. The maximum Gasteiger partial charge on any atom is 0.0867 e. The van der Waals surface area contributed by atoms with Crippen LogP contribution in [0, 0.1) is 5.38 Å². The fourth-order valence-corrected chi connectivity index (χ4v) is 0.730. The summed E-state index contributed by atoms with van der Waals surface area (Å²) in [4.78, 5) is 0. The van der Waals surface area contributed by atoms with Crippen LogP contribution in [0.3, 0.4) is 0 Å². The van der Waals surface area contributed by atoms with Crippen molar-refractivity contribution >= 4 is 23.1 Å². The van der Waals surface area contributed by atoms with Gasteiger partial charge in [0.2, 0.25) is 0 Å². The zero-order chi connectivity index (χ0) is 4.41. The molecule has 0 saturated carbocycles. The Morgan fingerprint density at radius 3 is 3.00 bits per heavy atom. The second-order valence-corrected chi connectivity index (χ2v) is 1.78. The lowest BCUT2D eigenvalue weighted by Crippen LogP contribution is -1.40. The van der Waals surface area contributed by atoms with Crippen LogP contribution in [0.2, 0.25) is 5.02 Å². The van der Waals surface area contributed by atoms with E-state index in [2.05, 4.69) is 9.75 Å². The van der Waals surface area contributed by atoms with Crippen molar-refractivity contribution in [2.45, 2.75) is 0 Å². The van der Waals surface area contributed by atoms with Crippen LogP contribution in [0.5, 0.6) is 0 Å². The Hall–Kier alpha value is -0.0800. The number of hydrogen-bond acceptors (Lipinski definition) is 2. The van der Waals surface area contributed by atoms with Gasteiger partial charge in [0.25, 0.3) is 0 Å². The van der Waals surface area contributed by atoms with Crippen LogP contribution in [0.15, 0.2) is 6.20 Å². The maximum absolute atomic E-state index is 5.35. The number of hydrogen-bond donors (Lipinski definition) is 0. The molecule has 1 aromatic rings. The molecule has 0 aliphatic carbocycles. The molecule has 0 spiro atoms. The van der Waals surface area contributed by atoms with E-state index in [1.54, 1.807) is 6.20 Å². The Morgan fingerprint density at radius 2 is 2.83 bits per heavy atom. The van der Waals surface area contributed by atoms with E-state index in [9.17, 15) is 0 Å². The molecule has 3 heteroatoms. The van der Waals surface area contributed by atoms with Gasteiger partial charge < -0.3 is 0 Å². The maximum atomic E-state index is 5.35. The van der Waals surface area contributed by atoms with E-state index in [4.69, 9.17) is 11.6 Å².